The monoisotopic (exact) mass is 280 g/mol. The van der Waals surface area contributed by atoms with Crippen LogP contribution in [-0.2, 0) is 0 Å². The molecule has 2 rings (SSSR count). The van der Waals surface area contributed by atoms with Gasteiger partial charge >= 0.3 is 0 Å². The van der Waals surface area contributed by atoms with Crippen LogP contribution in [0.25, 0.3) is 0 Å². The second-order valence-electron chi connectivity index (χ2n) is 4.20. The minimum Gasteiger partial charge on any atom is -0.329 e. The lowest BCUT2D eigenvalue weighted by molar-refractivity contribution is 0.0795. The molecular formula is C13H17BrN2. The topological polar surface area (TPSA) is 29.3 Å². The van der Waals surface area contributed by atoms with E-state index in [1.54, 1.807) is 0 Å². The van der Waals surface area contributed by atoms with Crippen LogP contribution in [0.3, 0.4) is 0 Å². The van der Waals surface area contributed by atoms with Gasteiger partial charge in [-0.2, -0.15) is 0 Å². The Bertz CT molecular complexity index is 361. The van der Waals surface area contributed by atoms with E-state index in [0.717, 1.165) is 17.6 Å². The first-order chi connectivity index (χ1) is 7.76. The zero-order valence-corrected chi connectivity index (χ0v) is 10.9. The van der Waals surface area contributed by atoms with Gasteiger partial charge < -0.3 is 5.73 Å². The molecule has 1 aliphatic heterocycles. The maximum absolute atomic E-state index is 5.83. The zero-order chi connectivity index (χ0) is 11.5. The molecule has 2 atom stereocenters. The first kappa shape index (κ1) is 11.8. The van der Waals surface area contributed by atoms with Gasteiger partial charge in [0.15, 0.2) is 0 Å². The van der Waals surface area contributed by atoms with Crippen LogP contribution in [0.2, 0.25) is 0 Å². The van der Waals surface area contributed by atoms with E-state index >= 15 is 0 Å². The lowest BCUT2D eigenvalue weighted by atomic mass is 9.82. The largest absolute Gasteiger partial charge is 0.329 e. The lowest BCUT2D eigenvalue weighted by Gasteiger charge is -2.47. The van der Waals surface area contributed by atoms with Crippen molar-refractivity contribution in [2.75, 3.05) is 19.6 Å². The second-order valence-corrected chi connectivity index (χ2v) is 5.12. The molecule has 0 radical (unpaired) electrons. The van der Waals surface area contributed by atoms with Gasteiger partial charge in [-0.3, -0.25) is 4.90 Å². The van der Waals surface area contributed by atoms with Crippen LogP contribution in [0, 0.1) is 0 Å². The molecule has 0 bridgehead atoms. The van der Waals surface area contributed by atoms with Crippen molar-refractivity contribution in [3.05, 3.63) is 47.0 Å². The summed E-state index contributed by atoms with van der Waals surface area (Å²) in [6.45, 7) is 6.52. The van der Waals surface area contributed by atoms with Crippen molar-refractivity contribution in [2.45, 2.75) is 12.0 Å². The van der Waals surface area contributed by atoms with E-state index in [2.05, 4.69) is 51.7 Å². The molecule has 16 heavy (non-hydrogen) atoms. The highest BCUT2D eigenvalue weighted by Gasteiger charge is 2.37. The van der Waals surface area contributed by atoms with Crippen molar-refractivity contribution in [1.82, 2.24) is 4.90 Å². The predicted molar refractivity (Wildman–Crippen MR) is 71.5 cm³/mol. The summed E-state index contributed by atoms with van der Waals surface area (Å²) in [6, 6.07) is 9.03. The molecule has 1 heterocycles. The van der Waals surface area contributed by atoms with E-state index in [-0.39, 0.29) is 0 Å². The summed E-state index contributed by atoms with van der Waals surface area (Å²) < 4.78 is 1.13. The quantitative estimate of drug-likeness (QED) is 0.858. The molecule has 0 unspecified atom stereocenters. The van der Waals surface area contributed by atoms with Gasteiger partial charge in [0.1, 0.15) is 0 Å². The maximum Gasteiger partial charge on any atom is 0.0302 e. The lowest BCUT2D eigenvalue weighted by Crippen LogP contribution is -2.57. The van der Waals surface area contributed by atoms with Crippen LogP contribution >= 0.6 is 15.9 Å². The second kappa shape index (κ2) is 5.13. The van der Waals surface area contributed by atoms with Crippen molar-refractivity contribution in [1.29, 1.82) is 0 Å². The van der Waals surface area contributed by atoms with Gasteiger partial charge in [0, 0.05) is 36.1 Å². The van der Waals surface area contributed by atoms with Crippen molar-refractivity contribution >= 4 is 15.9 Å². The summed E-state index contributed by atoms with van der Waals surface area (Å²) in [7, 11) is 0. The third-order valence-corrected chi connectivity index (χ3v) is 3.80. The highest BCUT2D eigenvalue weighted by Crippen LogP contribution is 2.33. The number of halogens is 1. The molecule has 1 aliphatic rings. The third-order valence-electron chi connectivity index (χ3n) is 3.27. The van der Waals surface area contributed by atoms with Crippen LogP contribution in [0.15, 0.2) is 41.4 Å². The molecule has 0 aliphatic carbocycles. The third kappa shape index (κ3) is 2.21. The number of nitrogens with zero attached hydrogens (tertiary/aromatic N) is 1. The SMILES string of the molecule is C=CCN1C[C@H](c2ccc(Br)cc2)[C@H]1CN. The number of rotatable bonds is 4. The van der Waals surface area contributed by atoms with Crippen LogP contribution in [0.5, 0.6) is 0 Å². The Morgan fingerprint density at radius 1 is 1.44 bits per heavy atom. The summed E-state index contributed by atoms with van der Waals surface area (Å²) in [5, 5.41) is 0. The highest BCUT2D eigenvalue weighted by atomic mass is 79.9. The van der Waals surface area contributed by atoms with E-state index in [9.17, 15) is 0 Å². The molecule has 1 aromatic rings. The number of nitrogens with two attached hydrogens (primary N) is 1. The minimum atomic E-state index is 0.471. The Morgan fingerprint density at radius 3 is 2.69 bits per heavy atom. The Morgan fingerprint density at radius 2 is 2.12 bits per heavy atom. The standard InChI is InChI=1S/C13H17BrN2/c1-2-7-16-9-12(13(16)8-15)10-3-5-11(14)6-4-10/h2-6,12-13H,1,7-9,15H2/t12-,13-/m1/s1. The first-order valence-corrected chi connectivity index (χ1v) is 6.36. The van der Waals surface area contributed by atoms with E-state index in [1.165, 1.54) is 5.56 Å². The molecule has 0 aromatic heterocycles. The van der Waals surface area contributed by atoms with Gasteiger partial charge in [0.05, 0.1) is 0 Å². The molecular weight excluding hydrogens is 264 g/mol. The summed E-state index contributed by atoms with van der Waals surface area (Å²) in [6.07, 6.45) is 1.94. The molecule has 1 aromatic carbocycles. The molecule has 0 amide bonds. The van der Waals surface area contributed by atoms with Crippen molar-refractivity contribution in [3.8, 4) is 0 Å². The summed E-state index contributed by atoms with van der Waals surface area (Å²) in [5.41, 5.74) is 7.21. The molecule has 0 spiro atoms. The van der Waals surface area contributed by atoms with E-state index in [0.29, 0.717) is 18.5 Å². The average molecular weight is 281 g/mol. The Balaban J connectivity index is 2.06. The van der Waals surface area contributed by atoms with Gasteiger partial charge in [0.2, 0.25) is 0 Å². The first-order valence-electron chi connectivity index (χ1n) is 5.56. The van der Waals surface area contributed by atoms with Crippen LogP contribution in [-0.4, -0.2) is 30.6 Å². The maximum atomic E-state index is 5.83. The summed E-state index contributed by atoms with van der Waals surface area (Å²) in [4.78, 5) is 2.37. The van der Waals surface area contributed by atoms with Gasteiger partial charge in [-0.15, -0.1) is 6.58 Å². The normalized spacial score (nSPS) is 25.1. The average Bonchev–Trinajstić information content (AvgIpc) is 2.26. The fourth-order valence-electron chi connectivity index (χ4n) is 2.35. The minimum absolute atomic E-state index is 0.471. The fraction of sp³-hybridized carbons (Fsp3) is 0.385. The van der Waals surface area contributed by atoms with Crippen LogP contribution < -0.4 is 5.73 Å². The number of hydrogen-bond acceptors (Lipinski definition) is 2. The Labute approximate surface area is 105 Å². The van der Waals surface area contributed by atoms with Crippen LogP contribution in [0.1, 0.15) is 11.5 Å². The Hall–Kier alpha value is -0.640. The van der Waals surface area contributed by atoms with E-state index in [4.69, 9.17) is 5.73 Å². The smallest absolute Gasteiger partial charge is 0.0302 e. The molecule has 86 valence electrons. The molecule has 1 saturated heterocycles. The summed E-state index contributed by atoms with van der Waals surface area (Å²) in [5.74, 6) is 0.582. The molecule has 2 N–H and O–H groups in total. The zero-order valence-electron chi connectivity index (χ0n) is 9.27. The molecule has 1 fully saturated rings. The van der Waals surface area contributed by atoms with Crippen molar-refractivity contribution in [2.24, 2.45) is 5.73 Å². The number of hydrogen-bond donors (Lipinski definition) is 1. The van der Waals surface area contributed by atoms with Gasteiger partial charge in [-0.1, -0.05) is 34.1 Å². The van der Waals surface area contributed by atoms with Gasteiger partial charge in [-0.25, -0.2) is 0 Å². The molecule has 2 nitrogen and oxygen atoms in total. The molecule has 0 saturated carbocycles. The predicted octanol–water partition coefficient (Wildman–Crippen LogP) is 2.36. The number of likely N-dealkylation sites (tertiary alicyclic amines) is 1. The highest BCUT2D eigenvalue weighted by molar-refractivity contribution is 9.10. The van der Waals surface area contributed by atoms with Gasteiger partial charge in [0.25, 0.3) is 0 Å². The summed E-state index contributed by atoms with van der Waals surface area (Å²) >= 11 is 3.46. The number of benzene rings is 1. The van der Waals surface area contributed by atoms with E-state index < -0.39 is 0 Å². The van der Waals surface area contributed by atoms with E-state index in [1.807, 2.05) is 6.08 Å². The van der Waals surface area contributed by atoms with Crippen LogP contribution in [0.4, 0.5) is 0 Å². The Kier molecular flexibility index (Phi) is 3.79. The molecule has 3 heteroatoms. The van der Waals surface area contributed by atoms with Gasteiger partial charge in [-0.05, 0) is 17.7 Å². The van der Waals surface area contributed by atoms with Crippen molar-refractivity contribution in [3.63, 3.8) is 0 Å². The van der Waals surface area contributed by atoms with Crippen molar-refractivity contribution < 1.29 is 0 Å². The fourth-order valence-corrected chi connectivity index (χ4v) is 2.62.